The van der Waals surface area contributed by atoms with E-state index in [-0.39, 0.29) is 37.7 Å². The van der Waals surface area contributed by atoms with Crippen LogP contribution in [0, 0.1) is 6.92 Å². The number of pyridine rings is 1. The molecule has 1 aromatic carbocycles. The van der Waals surface area contributed by atoms with Crippen molar-refractivity contribution in [2.24, 2.45) is 0 Å². The van der Waals surface area contributed by atoms with Gasteiger partial charge >= 0.3 is 6.18 Å². The molecule has 1 amide bonds. The molecule has 0 aliphatic heterocycles. The number of aryl methyl sites for hydroxylation is 2. The molecule has 158 valence electrons. The molecule has 7 nitrogen and oxygen atoms in total. The third kappa shape index (κ3) is 5.79. The molecule has 0 bridgehead atoms. The maximum Gasteiger partial charge on any atom is 0.419 e. The molecule has 3 rings (SSSR count). The first kappa shape index (κ1) is 21.3. The van der Waals surface area contributed by atoms with Gasteiger partial charge in [0.2, 0.25) is 17.7 Å². The lowest BCUT2D eigenvalue weighted by molar-refractivity contribution is -0.137. The number of hydrogen-bond donors (Lipinski definition) is 2. The smallest absolute Gasteiger partial charge is 0.419 e. The molecule has 0 spiro atoms. The van der Waals surface area contributed by atoms with Crippen molar-refractivity contribution in [2.45, 2.75) is 25.9 Å². The van der Waals surface area contributed by atoms with E-state index >= 15 is 0 Å². The van der Waals surface area contributed by atoms with Crippen LogP contribution in [-0.2, 0) is 17.4 Å². The van der Waals surface area contributed by atoms with Crippen LogP contribution in [0.25, 0.3) is 11.5 Å². The standard InChI is InChI=1S/C20H20F3N5O2/c1-13-4-6-14(7-5-13)19-28-27-17(30-19)9-8-16(29)24-11-12-26-18-15(20(21,22)23)3-2-10-25-18/h2-7,10H,8-9,11-12H2,1H3,(H,24,29)(H,25,26). The van der Waals surface area contributed by atoms with Crippen LogP contribution in [0.1, 0.15) is 23.4 Å². The number of carbonyl (C=O) groups excluding carboxylic acids is 1. The Bertz CT molecular complexity index is 987. The van der Waals surface area contributed by atoms with E-state index < -0.39 is 11.7 Å². The van der Waals surface area contributed by atoms with E-state index in [9.17, 15) is 18.0 Å². The number of rotatable bonds is 8. The maximum atomic E-state index is 12.9. The van der Waals surface area contributed by atoms with E-state index in [1.807, 2.05) is 31.2 Å². The summed E-state index contributed by atoms with van der Waals surface area (Å²) in [5, 5.41) is 13.1. The SMILES string of the molecule is Cc1ccc(-c2nnc(CCC(=O)NCCNc3ncccc3C(F)(F)F)o2)cc1. The Labute approximate surface area is 170 Å². The molecule has 0 saturated carbocycles. The summed E-state index contributed by atoms with van der Waals surface area (Å²) in [4.78, 5) is 15.6. The summed E-state index contributed by atoms with van der Waals surface area (Å²) in [5.74, 6) is 0.172. The summed E-state index contributed by atoms with van der Waals surface area (Å²) >= 11 is 0. The third-order valence-electron chi connectivity index (χ3n) is 4.18. The Balaban J connectivity index is 1.42. The average Bonchev–Trinajstić information content (AvgIpc) is 3.19. The molecular weight excluding hydrogens is 399 g/mol. The zero-order valence-corrected chi connectivity index (χ0v) is 16.2. The van der Waals surface area contributed by atoms with Crippen LogP contribution in [0.3, 0.4) is 0 Å². The van der Waals surface area contributed by atoms with Gasteiger partial charge in [-0.05, 0) is 31.2 Å². The minimum Gasteiger partial charge on any atom is -0.421 e. The van der Waals surface area contributed by atoms with Crippen LogP contribution in [0.15, 0.2) is 47.0 Å². The van der Waals surface area contributed by atoms with Crippen LogP contribution in [0.5, 0.6) is 0 Å². The molecule has 30 heavy (non-hydrogen) atoms. The second-order valence-electron chi connectivity index (χ2n) is 6.54. The molecule has 10 heteroatoms. The predicted octanol–water partition coefficient (Wildman–Crippen LogP) is 3.62. The summed E-state index contributed by atoms with van der Waals surface area (Å²) in [6, 6.07) is 9.78. The maximum absolute atomic E-state index is 12.9. The normalized spacial score (nSPS) is 11.3. The van der Waals surface area contributed by atoms with Crippen LogP contribution in [-0.4, -0.2) is 34.2 Å². The van der Waals surface area contributed by atoms with Crippen molar-refractivity contribution in [3.63, 3.8) is 0 Å². The molecule has 0 fully saturated rings. The monoisotopic (exact) mass is 419 g/mol. The Hall–Kier alpha value is -3.43. The van der Waals surface area contributed by atoms with Gasteiger partial charge in [0.25, 0.3) is 0 Å². The Morgan fingerprint density at radius 1 is 1.10 bits per heavy atom. The fraction of sp³-hybridized carbons (Fsp3) is 0.300. The summed E-state index contributed by atoms with van der Waals surface area (Å²) < 4.78 is 44.3. The number of benzene rings is 1. The quantitative estimate of drug-likeness (QED) is 0.542. The lowest BCUT2D eigenvalue weighted by atomic mass is 10.1. The fourth-order valence-corrected chi connectivity index (χ4v) is 2.63. The molecule has 2 aromatic heterocycles. The first-order valence-corrected chi connectivity index (χ1v) is 9.25. The van der Waals surface area contributed by atoms with Crippen molar-refractivity contribution in [1.82, 2.24) is 20.5 Å². The molecule has 0 radical (unpaired) electrons. The molecule has 0 atom stereocenters. The Kier molecular flexibility index (Phi) is 6.65. The Morgan fingerprint density at radius 3 is 2.60 bits per heavy atom. The van der Waals surface area contributed by atoms with Gasteiger partial charge in [-0.2, -0.15) is 13.2 Å². The zero-order chi connectivity index (χ0) is 21.6. The van der Waals surface area contributed by atoms with Gasteiger partial charge in [0.1, 0.15) is 5.82 Å². The van der Waals surface area contributed by atoms with Gasteiger partial charge in [-0.3, -0.25) is 4.79 Å². The van der Waals surface area contributed by atoms with Gasteiger partial charge < -0.3 is 15.1 Å². The van der Waals surface area contributed by atoms with Crippen LogP contribution in [0.4, 0.5) is 19.0 Å². The largest absolute Gasteiger partial charge is 0.421 e. The molecule has 3 aromatic rings. The van der Waals surface area contributed by atoms with Gasteiger partial charge in [-0.25, -0.2) is 4.98 Å². The van der Waals surface area contributed by atoms with Crippen molar-refractivity contribution in [3.8, 4) is 11.5 Å². The number of alkyl halides is 3. The predicted molar refractivity (Wildman–Crippen MR) is 104 cm³/mol. The van der Waals surface area contributed by atoms with E-state index in [0.717, 1.165) is 17.2 Å². The molecule has 0 unspecified atom stereocenters. The second kappa shape index (κ2) is 9.38. The van der Waals surface area contributed by atoms with Crippen molar-refractivity contribution in [1.29, 1.82) is 0 Å². The van der Waals surface area contributed by atoms with E-state index in [1.165, 1.54) is 12.3 Å². The highest BCUT2D eigenvalue weighted by atomic mass is 19.4. The Morgan fingerprint density at radius 2 is 1.87 bits per heavy atom. The first-order chi connectivity index (χ1) is 14.3. The van der Waals surface area contributed by atoms with Gasteiger partial charge in [-0.1, -0.05) is 17.7 Å². The topological polar surface area (TPSA) is 92.9 Å². The van der Waals surface area contributed by atoms with E-state index in [4.69, 9.17) is 4.42 Å². The second-order valence-corrected chi connectivity index (χ2v) is 6.54. The summed E-state index contributed by atoms with van der Waals surface area (Å²) in [5.41, 5.74) is 1.06. The molecule has 0 aliphatic carbocycles. The zero-order valence-electron chi connectivity index (χ0n) is 16.2. The van der Waals surface area contributed by atoms with Crippen molar-refractivity contribution >= 4 is 11.7 Å². The summed E-state index contributed by atoms with van der Waals surface area (Å²) in [6.45, 7) is 2.22. The molecule has 2 heterocycles. The van der Waals surface area contributed by atoms with Crippen molar-refractivity contribution in [2.75, 3.05) is 18.4 Å². The van der Waals surface area contributed by atoms with E-state index in [1.54, 1.807) is 0 Å². The number of aromatic nitrogens is 3. The number of carbonyl (C=O) groups is 1. The van der Waals surface area contributed by atoms with Crippen LogP contribution < -0.4 is 10.6 Å². The number of anilines is 1. The lowest BCUT2D eigenvalue weighted by Crippen LogP contribution is -2.29. The van der Waals surface area contributed by atoms with Crippen LogP contribution in [0.2, 0.25) is 0 Å². The van der Waals surface area contributed by atoms with E-state index in [2.05, 4.69) is 25.8 Å². The number of halogens is 3. The highest BCUT2D eigenvalue weighted by Gasteiger charge is 2.33. The van der Waals surface area contributed by atoms with Crippen molar-refractivity contribution in [3.05, 3.63) is 59.6 Å². The average molecular weight is 419 g/mol. The molecule has 2 N–H and O–H groups in total. The highest BCUT2D eigenvalue weighted by molar-refractivity contribution is 5.76. The minimum absolute atomic E-state index is 0.101. The first-order valence-electron chi connectivity index (χ1n) is 9.25. The van der Waals surface area contributed by atoms with Gasteiger partial charge in [-0.15, -0.1) is 10.2 Å². The molecular formula is C20H20F3N5O2. The number of nitrogens with zero attached hydrogens (tertiary/aromatic N) is 3. The molecule has 0 aliphatic rings. The van der Waals surface area contributed by atoms with Gasteiger partial charge in [0, 0.05) is 37.7 Å². The van der Waals surface area contributed by atoms with Gasteiger partial charge in [0.05, 0.1) is 5.56 Å². The summed E-state index contributed by atoms with van der Waals surface area (Å²) in [7, 11) is 0. The van der Waals surface area contributed by atoms with Crippen molar-refractivity contribution < 1.29 is 22.4 Å². The van der Waals surface area contributed by atoms with Crippen LogP contribution >= 0.6 is 0 Å². The summed E-state index contributed by atoms with van der Waals surface area (Å²) in [6.07, 6.45) is -2.85. The highest BCUT2D eigenvalue weighted by Crippen LogP contribution is 2.33. The molecule has 0 saturated heterocycles. The van der Waals surface area contributed by atoms with Gasteiger partial charge in [0.15, 0.2) is 0 Å². The lowest BCUT2D eigenvalue weighted by Gasteiger charge is -2.13. The fourth-order valence-electron chi connectivity index (χ4n) is 2.63. The number of amides is 1. The minimum atomic E-state index is -4.50. The van der Waals surface area contributed by atoms with E-state index in [0.29, 0.717) is 11.8 Å². The number of hydrogen-bond acceptors (Lipinski definition) is 6. The number of nitrogens with one attached hydrogen (secondary N) is 2. The third-order valence-corrected chi connectivity index (χ3v) is 4.18.